The maximum absolute atomic E-state index is 10.7. The van der Waals surface area contributed by atoms with Gasteiger partial charge in [0.1, 0.15) is 0 Å². The number of ether oxygens (including phenoxy) is 1. The van der Waals surface area contributed by atoms with Gasteiger partial charge < -0.3 is 15.3 Å². The van der Waals surface area contributed by atoms with Gasteiger partial charge in [-0.25, -0.2) is 5.48 Å². The van der Waals surface area contributed by atoms with Crippen molar-refractivity contribution in [2.24, 2.45) is 0 Å². The van der Waals surface area contributed by atoms with Gasteiger partial charge in [-0.15, -0.1) is 11.3 Å². The Hall–Kier alpha value is -2.58. The van der Waals surface area contributed by atoms with Gasteiger partial charge in [0.15, 0.2) is 6.29 Å². The summed E-state index contributed by atoms with van der Waals surface area (Å²) in [5.74, 6) is 0. The van der Waals surface area contributed by atoms with E-state index in [9.17, 15) is 4.79 Å². The number of rotatable bonds is 8. The lowest BCUT2D eigenvalue weighted by Gasteiger charge is -2.07. The molecule has 27 heavy (non-hydrogen) atoms. The standard InChI is InChI=1S/C19H18N2O2S.CH5NO/c22-13-17-7-9-19(24-17)18-8-6-16(12-21-18)20-10-11-23-14-15-4-2-1-3-5-15;1-2-3/h1-9,12-13,20H,10-11,14H2;2-3H,1H3. The quantitative estimate of drug-likeness (QED) is 0.310. The Balaban J connectivity index is 0.000000817. The summed E-state index contributed by atoms with van der Waals surface area (Å²) in [6.07, 6.45) is 2.66. The summed E-state index contributed by atoms with van der Waals surface area (Å²) < 4.78 is 5.64. The first-order valence-electron chi connectivity index (χ1n) is 8.44. The number of carbonyl (C=O) groups is 1. The van der Waals surface area contributed by atoms with Crippen molar-refractivity contribution in [2.45, 2.75) is 6.61 Å². The third-order valence-corrected chi connectivity index (χ3v) is 4.48. The number of hydrogen-bond donors (Lipinski definition) is 3. The van der Waals surface area contributed by atoms with Gasteiger partial charge in [0.05, 0.1) is 40.5 Å². The Labute approximate surface area is 162 Å². The van der Waals surface area contributed by atoms with Crippen molar-refractivity contribution in [3.8, 4) is 10.6 Å². The third-order valence-electron chi connectivity index (χ3n) is 3.45. The van der Waals surface area contributed by atoms with E-state index in [1.165, 1.54) is 23.9 Å². The van der Waals surface area contributed by atoms with Gasteiger partial charge in [-0.3, -0.25) is 9.78 Å². The summed E-state index contributed by atoms with van der Waals surface area (Å²) in [6.45, 7) is 1.98. The number of hydroxylamine groups is 1. The zero-order chi connectivity index (χ0) is 19.3. The molecule has 2 aromatic heterocycles. The molecule has 0 unspecified atom stereocenters. The van der Waals surface area contributed by atoms with Crippen LogP contribution in [-0.4, -0.2) is 36.7 Å². The molecule has 0 radical (unpaired) electrons. The lowest BCUT2D eigenvalue weighted by atomic mass is 10.2. The van der Waals surface area contributed by atoms with E-state index in [4.69, 9.17) is 9.94 Å². The van der Waals surface area contributed by atoms with Gasteiger partial charge in [-0.05, 0) is 29.8 Å². The molecule has 1 aromatic carbocycles. The first-order valence-corrected chi connectivity index (χ1v) is 9.26. The fourth-order valence-corrected chi connectivity index (χ4v) is 3.03. The molecule has 0 amide bonds. The molecule has 142 valence electrons. The highest BCUT2D eigenvalue weighted by Crippen LogP contribution is 2.26. The molecule has 0 atom stereocenters. The first-order chi connectivity index (χ1) is 13.3. The third kappa shape index (κ3) is 7.28. The van der Waals surface area contributed by atoms with Crippen LogP contribution in [0.15, 0.2) is 60.8 Å². The van der Waals surface area contributed by atoms with Crippen molar-refractivity contribution in [1.29, 1.82) is 0 Å². The van der Waals surface area contributed by atoms with Crippen LogP contribution in [0, 0.1) is 0 Å². The van der Waals surface area contributed by atoms with Crippen molar-refractivity contribution in [3.63, 3.8) is 0 Å². The van der Waals surface area contributed by atoms with Crippen LogP contribution in [0.5, 0.6) is 0 Å². The number of benzene rings is 1. The number of nitrogens with zero attached hydrogens (tertiary/aromatic N) is 1. The monoisotopic (exact) mass is 385 g/mol. The second-order valence-electron chi connectivity index (χ2n) is 5.44. The van der Waals surface area contributed by atoms with E-state index < -0.39 is 0 Å². The molecule has 0 aliphatic rings. The van der Waals surface area contributed by atoms with Crippen LogP contribution < -0.4 is 10.8 Å². The molecule has 3 rings (SSSR count). The molecule has 7 heteroatoms. The molecular formula is C20H23N3O3S. The van der Waals surface area contributed by atoms with Crippen LogP contribution in [0.3, 0.4) is 0 Å². The van der Waals surface area contributed by atoms with Gasteiger partial charge in [-0.2, -0.15) is 0 Å². The molecule has 0 fully saturated rings. The van der Waals surface area contributed by atoms with E-state index in [0.717, 1.165) is 29.1 Å². The number of hydrogen-bond acceptors (Lipinski definition) is 7. The summed E-state index contributed by atoms with van der Waals surface area (Å²) in [6, 6.07) is 17.8. The molecule has 3 N–H and O–H groups in total. The number of pyridine rings is 1. The molecule has 0 saturated heterocycles. The zero-order valence-corrected chi connectivity index (χ0v) is 15.9. The Morgan fingerprint density at radius 1 is 1.15 bits per heavy atom. The van der Waals surface area contributed by atoms with E-state index in [1.54, 1.807) is 11.7 Å². The predicted molar refractivity (Wildman–Crippen MR) is 108 cm³/mol. The van der Waals surface area contributed by atoms with Crippen LogP contribution in [0.4, 0.5) is 5.69 Å². The maximum atomic E-state index is 10.7. The SMILES string of the molecule is CNO.O=Cc1ccc(-c2ccc(NCCOCc3ccccc3)cn2)s1. The minimum atomic E-state index is 0.622. The lowest BCUT2D eigenvalue weighted by Crippen LogP contribution is -2.09. The average Bonchev–Trinajstić information content (AvgIpc) is 3.19. The number of carbonyl (C=O) groups excluding carboxylic acids is 1. The number of aromatic nitrogens is 1. The van der Waals surface area contributed by atoms with Gasteiger partial charge in [0, 0.05) is 13.6 Å². The van der Waals surface area contributed by atoms with Crippen molar-refractivity contribution >= 4 is 23.3 Å². The number of thiophene rings is 1. The maximum Gasteiger partial charge on any atom is 0.160 e. The topological polar surface area (TPSA) is 83.5 Å². The molecule has 0 saturated carbocycles. The summed E-state index contributed by atoms with van der Waals surface area (Å²) in [7, 11) is 1.43. The van der Waals surface area contributed by atoms with Gasteiger partial charge in [0.2, 0.25) is 0 Å². The second kappa shape index (κ2) is 11.9. The van der Waals surface area contributed by atoms with Gasteiger partial charge in [0.25, 0.3) is 0 Å². The van der Waals surface area contributed by atoms with Crippen molar-refractivity contribution in [1.82, 2.24) is 10.5 Å². The number of anilines is 1. The molecule has 2 heterocycles. The molecule has 0 aliphatic carbocycles. The van der Waals surface area contributed by atoms with E-state index >= 15 is 0 Å². The Morgan fingerprint density at radius 3 is 2.56 bits per heavy atom. The highest BCUT2D eigenvalue weighted by molar-refractivity contribution is 7.17. The number of nitrogens with one attached hydrogen (secondary N) is 2. The van der Waals surface area contributed by atoms with Crippen LogP contribution in [0.1, 0.15) is 15.2 Å². The molecular weight excluding hydrogens is 362 g/mol. The van der Waals surface area contributed by atoms with Gasteiger partial charge >= 0.3 is 0 Å². The lowest BCUT2D eigenvalue weighted by molar-refractivity contribution is 0.112. The van der Waals surface area contributed by atoms with E-state index in [0.29, 0.717) is 18.1 Å². The summed E-state index contributed by atoms with van der Waals surface area (Å²) in [5, 5.41) is 10.6. The van der Waals surface area contributed by atoms with Gasteiger partial charge in [-0.1, -0.05) is 30.3 Å². The smallest absolute Gasteiger partial charge is 0.160 e. The van der Waals surface area contributed by atoms with Crippen molar-refractivity contribution in [3.05, 3.63) is 71.2 Å². The largest absolute Gasteiger partial charge is 0.381 e. The summed E-state index contributed by atoms with van der Waals surface area (Å²) in [5.41, 5.74) is 4.75. The van der Waals surface area contributed by atoms with Crippen LogP contribution in [0.25, 0.3) is 10.6 Å². The average molecular weight is 385 g/mol. The predicted octanol–water partition coefficient (Wildman–Crippen LogP) is 3.85. The molecule has 3 aromatic rings. The molecule has 0 bridgehead atoms. The second-order valence-corrected chi connectivity index (χ2v) is 6.56. The van der Waals surface area contributed by atoms with E-state index in [-0.39, 0.29) is 0 Å². The highest BCUT2D eigenvalue weighted by Gasteiger charge is 2.03. The Bertz CT molecular complexity index is 792. The Morgan fingerprint density at radius 2 is 1.93 bits per heavy atom. The van der Waals surface area contributed by atoms with Crippen LogP contribution in [-0.2, 0) is 11.3 Å². The highest BCUT2D eigenvalue weighted by atomic mass is 32.1. The fourth-order valence-electron chi connectivity index (χ4n) is 2.23. The normalized spacial score (nSPS) is 10.0. The van der Waals surface area contributed by atoms with Crippen LogP contribution in [0.2, 0.25) is 0 Å². The first kappa shape index (κ1) is 20.7. The van der Waals surface area contributed by atoms with Crippen LogP contribution >= 0.6 is 11.3 Å². The Kier molecular flexibility index (Phi) is 9.15. The molecule has 0 aliphatic heterocycles. The summed E-state index contributed by atoms with van der Waals surface area (Å²) >= 11 is 1.44. The molecule has 0 spiro atoms. The van der Waals surface area contributed by atoms with Crippen molar-refractivity contribution < 1.29 is 14.7 Å². The fraction of sp³-hybridized carbons (Fsp3) is 0.200. The minimum Gasteiger partial charge on any atom is -0.381 e. The minimum absolute atomic E-state index is 0.622. The van der Waals surface area contributed by atoms with Crippen molar-refractivity contribution in [2.75, 3.05) is 25.5 Å². The number of aldehydes is 1. The van der Waals surface area contributed by atoms with E-state index in [2.05, 4.69) is 22.4 Å². The summed E-state index contributed by atoms with van der Waals surface area (Å²) in [4.78, 5) is 16.9. The van der Waals surface area contributed by atoms with E-state index in [1.807, 2.05) is 42.5 Å². The molecule has 6 nitrogen and oxygen atoms in total. The zero-order valence-electron chi connectivity index (χ0n) is 15.1.